The van der Waals surface area contributed by atoms with E-state index >= 15 is 0 Å². The smallest absolute Gasteiger partial charge is 0.216 e. The average molecular weight is 254 g/mol. The Hall–Kier alpha value is -0.840. The minimum Gasteiger partial charge on any atom is -0.390 e. The van der Waals surface area contributed by atoms with Crippen molar-refractivity contribution in [1.29, 1.82) is 0 Å². The molecule has 0 saturated heterocycles. The Bertz CT molecular complexity index is 330. The van der Waals surface area contributed by atoms with Crippen LogP contribution in [0.1, 0.15) is 36.0 Å². The zero-order valence-electron chi connectivity index (χ0n) is 9.62. The van der Waals surface area contributed by atoms with Crippen molar-refractivity contribution in [3.63, 3.8) is 0 Å². The summed E-state index contributed by atoms with van der Waals surface area (Å²) in [6.07, 6.45) is 2.81. The Morgan fingerprint density at radius 1 is 1.06 bits per heavy atom. The van der Waals surface area contributed by atoms with Gasteiger partial charge in [0.15, 0.2) is 0 Å². The second kappa shape index (κ2) is 7.48. The molecule has 2 rings (SSSR count). The van der Waals surface area contributed by atoms with Gasteiger partial charge in [-0.1, -0.05) is 43.2 Å². The summed E-state index contributed by atoms with van der Waals surface area (Å²) in [4.78, 5) is 10.5. The number of rotatable bonds is 1. The van der Waals surface area contributed by atoms with Gasteiger partial charge in [-0.05, 0) is 12.8 Å². The highest BCUT2D eigenvalue weighted by Crippen LogP contribution is 2.17. The molecule has 1 fully saturated rings. The third-order valence-electron chi connectivity index (χ3n) is 2.71. The van der Waals surface area contributed by atoms with Crippen LogP contribution in [0.15, 0.2) is 30.3 Å². The van der Waals surface area contributed by atoms with E-state index in [1.807, 2.05) is 18.2 Å². The molecule has 1 saturated carbocycles. The maximum absolute atomic E-state index is 10.5. The van der Waals surface area contributed by atoms with Crippen molar-refractivity contribution < 1.29 is 15.0 Å². The fraction of sp³-hybridized carbons (Fsp3) is 0.462. The van der Waals surface area contributed by atoms with E-state index in [9.17, 15) is 4.79 Å². The summed E-state index contributed by atoms with van der Waals surface area (Å²) in [6, 6.07) is 8.94. The van der Waals surface area contributed by atoms with Gasteiger partial charge in [0.2, 0.25) is 5.12 Å². The SMILES string of the molecule is O=C(S)c1ccccc1.OC1CCCCC1O. The molecule has 2 unspecified atom stereocenters. The average Bonchev–Trinajstić information content (AvgIpc) is 2.35. The van der Waals surface area contributed by atoms with Gasteiger partial charge in [-0.2, -0.15) is 0 Å². The highest BCUT2D eigenvalue weighted by atomic mass is 32.1. The normalized spacial score (nSPS) is 23.5. The Morgan fingerprint density at radius 3 is 1.82 bits per heavy atom. The molecule has 1 aliphatic rings. The molecule has 2 atom stereocenters. The highest BCUT2D eigenvalue weighted by Gasteiger charge is 2.19. The minimum absolute atomic E-state index is 0.185. The van der Waals surface area contributed by atoms with Crippen molar-refractivity contribution in [2.45, 2.75) is 37.9 Å². The number of benzene rings is 1. The molecule has 17 heavy (non-hydrogen) atoms. The number of thiol groups is 1. The number of hydrogen-bond donors (Lipinski definition) is 3. The predicted octanol–water partition coefficient (Wildman–Crippen LogP) is 2.04. The molecule has 0 spiro atoms. The van der Waals surface area contributed by atoms with E-state index in [-0.39, 0.29) is 5.12 Å². The van der Waals surface area contributed by atoms with Crippen LogP contribution in [0.4, 0.5) is 0 Å². The Morgan fingerprint density at radius 2 is 1.53 bits per heavy atom. The van der Waals surface area contributed by atoms with Crippen LogP contribution in [-0.2, 0) is 0 Å². The summed E-state index contributed by atoms with van der Waals surface area (Å²) in [7, 11) is 0. The van der Waals surface area contributed by atoms with Crippen LogP contribution in [0.2, 0.25) is 0 Å². The lowest BCUT2D eigenvalue weighted by molar-refractivity contribution is -0.00865. The molecule has 1 aliphatic carbocycles. The Labute approximate surface area is 107 Å². The molecule has 0 bridgehead atoms. The summed E-state index contributed by atoms with van der Waals surface area (Å²) < 4.78 is 0. The van der Waals surface area contributed by atoms with Crippen LogP contribution in [0.3, 0.4) is 0 Å². The minimum atomic E-state index is -0.441. The third kappa shape index (κ3) is 5.35. The van der Waals surface area contributed by atoms with Crippen LogP contribution >= 0.6 is 12.6 Å². The van der Waals surface area contributed by atoms with Crippen molar-refractivity contribution in [3.05, 3.63) is 35.9 Å². The van der Waals surface area contributed by atoms with Crippen LogP contribution in [0.5, 0.6) is 0 Å². The number of carbonyl (C=O) groups excluding carboxylic acids is 1. The first-order valence-electron chi connectivity index (χ1n) is 5.75. The van der Waals surface area contributed by atoms with E-state index < -0.39 is 12.2 Å². The van der Waals surface area contributed by atoms with Gasteiger partial charge in [-0.3, -0.25) is 4.79 Å². The maximum Gasteiger partial charge on any atom is 0.216 e. The second-order valence-corrected chi connectivity index (χ2v) is 4.50. The van der Waals surface area contributed by atoms with Crippen LogP contribution < -0.4 is 0 Å². The summed E-state index contributed by atoms with van der Waals surface area (Å²) in [5.41, 5.74) is 0.640. The Kier molecular flexibility index (Phi) is 6.26. The molecule has 0 radical (unpaired) electrons. The standard InChI is InChI=1S/C7H6OS.C6H12O2/c8-7(9)6-4-2-1-3-5-6;7-5-3-1-2-4-6(5)8/h1-5H,(H,8,9);5-8H,1-4H2. The molecule has 0 amide bonds. The summed E-state index contributed by atoms with van der Waals surface area (Å²) in [5.74, 6) is 0. The van der Waals surface area contributed by atoms with E-state index in [1.165, 1.54) is 0 Å². The Balaban J connectivity index is 0.000000171. The van der Waals surface area contributed by atoms with Gasteiger partial charge in [0.1, 0.15) is 0 Å². The lowest BCUT2D eigenvalue weighted by Crippen LogP contribution is -2.28. The van der Waals surface area contributed by atoms with Crippen LogP contribution in [-0.4, -0.2) is 27.5 Å². The predicted molar refractivity (Wildman–Crippen MR) is 70.2 cm³/mol. The first-order chi connectivity index (χ1) is 8.11. The lowest BCUT2D eigenvalue weighted by atomic mass is 9.95. The zero-order valence-corrected chi connectivity index (χ0v) is 10.5. The van der Waals surface area contributed by atoms with Crippen molar-refractivity contribution in [1.82, 2.24) is 0 Å². The molecule has 2 N–H and O–H groups in total. The van der Waals surface area contributed by atoms with Gasteiger partial charge in [-0.25, -0.2) is 0 Å². The maximum atomic E-state index is 10.5. The molecule has 1 aromatic carbocycles. The van der Waals surface area contributed by atoms with Crippen molar-refractivity contribution >= 4 is 17.7 Å². The van der Waals surface area contributed by atoms with Crippen molar-refractivity contribution in [2.75, 3.05) is 0 Å². The van der Waals surface area contributed by atoms with E-state index in [2.05, 4.69) is 12.6 Å². The first-order valence-corrected chi connectivity index (χ1v) is 6.20. The van der Waals surface area contributed by atoms with E-state index in [0.29, 0.717) is 5.56 Å². The number of carbonyl (C=O) groups is 1. The van der Waals surface area contributed by atoms with Crippen molar-refractivity contribution in [3.8, 4) is 0 Å². The fourth-order valence-corrected chi connectivity index (χ4v) is 1.82. The molecular weight excluding hydrogens is 236 g/mol. The molecule has 0 heterocycles. The van der Waals surface area contributed by atoms with Gasteiger partial charge in [0.25, 0.3) is 0 Å². The molecule has 1 aromatic rings. The lowest BCUT2D eigenvalue weighted by Gasteiger charge is -2.22. The van der Waals surface area contributed by atoms with Crippen LogP contribution in [0, 0.1) is 0 Å². The van der Waals surface area contributed by atoms with Gasteiger partial charge in [0.05, 0.1) is 12.2 Å². The monoisotopic (exact) mass is 254 g/mol. The molecule has 0 aromatic heterocycles. The van der Waals surface area contributed by atoms with Gasteiger partial charge < -0.3 is 10.2 Å². The number of aliphatic hydroxyl groups is 2. The molecule has 0 aliphatic heterocycles. The van der Waals surface area contributed by atoms with Crippen molar-refractivity contribution in [2.24, 2.45) is 0 Å². The summed E-state index contributed by atoms with van der Waals surface area (Å²) >= 11 is 3.65. The van der Waals surface area contributed by atoms with Crippen LogP contribution in [0.25, 0.3) is 0 Å². The fourth-order valence-electron chi connectivity index (χ4n) is 1.67. The van der Waals surface area contributed by atoms with Gasteiger partial charge in [0, 0.05) is 5.56 Å². The topological polar surface area (TPSA) is 57.5 Å². The quantitative estimate of drug-likeness (QED) is 0.672. The second-order valence-electron chi connectivity index (χ2n) is 4.09. The van der Waals surface area contributed by atoms with E-state index in [1.54, 1.807) is 12.1 Å². The molecule has 3 nitrogen and oxygen atoms in total. The third-order valence-corrected chi connectivity index (χ3v) is 2.97. The summed E-state index contributed by atoms with van der Waals surface area (Å²) in [6.45, 7) is 0. The van der Waals surface area contributed by atoms with Gasteiger partial charge >= 0.3 is 0 Å². The number of aliphatic hydroxyl groups excluding tert-OH is 2. The number of hydrogen-bond acceptors (Lipinski definition) is 3. The summed E-state index contributed by atoms with van der Waals surface area (Å²) in [5, 5.41) is 17.7. The zero-order chi connectivity index (χ0) is 12.7. The molecule has 4 heteroatoms. The first kappa shape index (κ1) is 14.2. The van der Waals surface area contributed by atoms with E-state index in [0.717, 1.165) is 25.7 Å². The highest BCUT2D eigenvalue weighted by molar-refractivity contribution is 7.97. The van der Waals surface area contributed by atoms with E-state index in [4.69, 9.17) is 10.2 Å². The van der Waals surface area contributed by atoms with Gasteiger partial charge in [-0.15, -0.1) is 12.6 Å². The molecule has 94 valence electrons. The largest absolute Gasteiger partial charge is 0.390 e. The molecular formula is C13H18O3S.